The van der Waals surface area contributed by atoms with Gasteiger partial charge in [0.25, 0.3) is 0 Å². The summed E-state index contributed by atoms with van der Waals surface area (Å²) in [6.07, 6.45) is 4.68. The second-order valence-electron chi connectivity index (χ2n) is 6.29. The highest BCUT2D eigenvalue weighted by Crippen LogP contribution is 2.07. The van der Waals surface area contributed by atoms with Crippen LogP contribution in [0.1, 0.15) is 46.5 Å². The molecule has 5 nitrogen and oxygen atoms in total. The van der Waals surface area contributed by atoms with E-state index in [1.807, 2.05) is 0 Å². The molecule has 1 unspecified atom stereocenters. The van der Waals surface area contributed by atoms with Crippen molar-refractivity contribution in [2.24, 2.45) is 16.6 Å². The number of hydrogen-bond donors (Lipinski definition) is 2. The van der Waals surface area contributed by atoms with Crippen LogP contribution in [0.3, 0.4) is 0 Å². The lowest BCUT2D eigenvalue weighted by molar-refractivity contribution is 0.161. The summed E-state index contributed by atoms with van der Waals surface area (Å²) in [4.78, 5) is 6.63. The van der Waals surface area contributed by atoms with Crippen LogP contribution in [0, 0.1) is 5.92 Å². The Labute approximate surface area is 154 Å². The molecule has 0 saturated heterocycles. The summed E-state index contributed by atoms with van der Waals surface area (Å²) in [6.45, 7) is 10.2. The summed E-state index contributed by atoms with van der Waals surface area (Å²) < 4.78 is 5.05. The summed E-state index contributed by atoms with van der Waals surface area (Å²) in [5, 5.41) is 3.27. The molecule has 0 bridgehead atoms. The molecule has 0 radical (unpaired) electrons. The molecule has 0 aliphatic heterocycles. The monoisotopic (exact) mass is 428 g/mol. The van der Waals surface area contributed by atoms with Crippen LogP contribution in [0.25, 0.3) is 0 Å². The van der Waals surface area contributed by atoms with Crippen molar-refractivity contribution in [3.05, 3.63) is 0 Å². The fourth-order valence-electron chi connectivity index (χ4n) is 2.10. The van der Waals surface area contributed by atoms with Crippen LogP contribution in [0.5, 0.6) is 0 Å². The molecule has 0 aromatic heterocycles. The first kappa shape index (κ1) is 24.2. The summed E-state index contributed by atoms with van der Waals surface area (Å²) in [5.41, 5.74) is 5.91. The van der Waals surface area contributed by atoms with Gasteiger partial charge in [-0.25, -0.2) is 0 Å². The number of likely N-dealkylation sites (N-methyl/N-ethyl adjacent to an activating group) is 1. The molecule has 1 atom stereocenters. The van der Waals surface area contributed by atoms with E-state index in [1.54, 1.807) is 7.11 Å². The van der Waals surface area contributed by atoms with Crippen LogP contribution >= 0.6 is 24.0 Å². The van der Waals surface area contributed by atoms with Gasteiger partial charge < -0.3 is 20.7 Å². The fraction of sp³-hybridized carbons (Fsp3) is 0.938. The lowest BCUT2D eigenvalue weighted by Gasteiger charge is -2.16. The van der Waals surface area contributed by atoms with Crippen molar-refractivity contribution in [1.29, 1.82) is 0 Å². The molecule has 3 N–H and O–H groups in total. The molecule has 0 spiro atoms. The van der Waals surface area contributed by atoms with Gasteiger partial charge in [-0.2, -0.15) is 0 Å². The van der Waals surface area contributed by atoms with Crippen molar-refractivity contribution in [3.63, 3.8) is 0 Å². The molecule has 134 valence electrons. The predicted molar refractivity (Wildman–Crippen MR) is 107 cm³/mol. The van der Waals surface area contributed by atoms with Crippen LogP contribution in [0.4, 0.5) is 0 Å². The minimum atomic E-state index is 0. The number of methoxy groups -OCH3 is 1. The molecule has 0 rings (SSSR count). The fourth-order valence-corrected chi connectivity index (χ4v) is 2.10. The van der Waals surface area contributed by atoms with Gasteiger partial charge in [-0.3, -0.25) is 4.99 Å². The molecule has 0 amide bonds. The molecule has 0 saturated carbocycles. The molecule has 0 aromatic rings. The number of rotatable bonds is 12. The average Bonchev–Trinajstić information content (AvgIpc) is 2.40. The minimum Gasteiger partial charge on any atom is -0.383 e. The maximum absolute atomic E-state index is 5.91. The second-order valence-corrected chi connectivity index (χ2v) is 6.29. The van der Waals surface area contributed by atoms with E-state index in [9.17, 15) is 0 Å². The zero-order valence-corrected chi connectivity index (χ0v) is 17.4. The highest BCUT2D eigenvalue weighted by molar-refractivity contribution is 14.0. The van der Waals surface area contributed by atoms with Gasteiger partial charge in [0.1, 0.15) is 0 Å². The molecule has 0 aromatic carbocycles. The first-order valence-electron chi connectivity index (χ1n) is 8.19. The Morgan fingerprint density at radius 1 is 1.18 bits per heavy atom. The topological polar surface area (TPSA) is 62.9 Å². The largest absolute Gasteiger partial charge is 0.383 e. The Kier molecular flexibility index (Phi) is 17.4. The number of nitrogens with zero attached hydrogens (tertiary/aromatic N) is 2. The summed E-state index contributed by atoms with van der Waals surface area (Å²) >= 11 is 0. The molecule has 6 heteroatoms. The SMILES string of the molecule is COCCN(C)CCCN=C(N)NC(C)CCCC(C)C.I. The Balaban J connectivity index is 0. The van der Waals surface area contributed by atoms with Gasteiger partial charge in [-0.1, -0.05) is 26.7 Å². The van der Waals surface area contributed by atoms with Gasteiger partial charge in [-0.15, -0.1) is 24.0 Å². The number of nitrogens with two attached hydrogens (primary N) is 1. The lowest BCUT2D eigenvalue weighted by Crippen LogP contribution is -2.38. The molecule has 0 heterocycles. The smallest absolute Gasteiger partial charge is 0.188 e. The summed E-state index contributed by atoms with van der Waals surface area (Å²) in [6, 6.07) is 0.400. The van der Waals surface area contributed by atoms with E-state index in [4.69, 9.17) is 10.5 Å². The van der Waals surface area contributed by atoms with Gasteiger partial charge >= 0.3 is 0 Å². The van der Waals surface area contributed by atoms with E-state index in [0.29, 0.717) is 12.0 Å². The van der Waals surface area contributed by atoms with Gasteiger partial charge in [0.05, 0.1) is 6.61 Å². The highest BCUT2D eigenvalue weighted by atomic mass is 127. The maximum atomic E-state index is 5.91. The molecule has 0 fully saturated rings. The second kappa shape index (κ2) is 15.8. The van der Waals surface area contributed by atoms with Gasteiger partial charge in [-0.05, 0) is 39.3 Å². The van der Waals surface area contributed by atoms with E-state index in [2.05, 4.69) is 43.0 Å². The third kappa shape index (κ3) is 16.3. The van der Waals surface area contributed by atoms with Crippen LogP contribution in [-0.4, -0.2) is 57.3 Å². The van der Waals surface area contributed by atoms with Crippen molar-refractivity contribution in [2.75, 3.05) is 40.4 Å². The van der Waals surface area contributed by atoms with Gasteiger partial charge in [0.2, 0.25) is 0 Å². The minimum absolute atomic E-state index is 0. The number of aliphatic imine (C=N–C) groups is 1. The highest BCUT2D eigenvalue weighted by Gasteiger charge is 2.03. The van der Waals surface area contributed by atoms with Crippen molar-refractivity contribution >= 4 is 29.9 Å². The number of ether oxygens (including phenoxy) is 1. The quantitative estimate of drug-likeness (QED) is 0.217. The molecule has 22 heavy (non-hydrogen) atoms. The number of hydrogen-bond acceptors (Lipinski definition) is 3. The third-order valence-electron chi connectivity index (χ3n) is 3.47. The average molecular weight is 428 g/mol. The molecule has 0 aliphatic carbocycles. The van der Waals surface area contributed by atoms with Gasteiger partial charge in [0, 0.05) is 26.2 Å². The number of nitrogens with one attached hydrogen (secondary N) is 1. The first-order valence-corrected chi connectivity index (χ1v) is 8.19. The van der Waals surface area contributed by atoms with E-state index in [-0.39, 0.29) is 24.0 Å². The molecular weight excluding hydrogens is 391 g/mol. The zero-order chi connectivity index (χ0) is 16.1. The summed E-state index contributed by atoms with van der Waals surface area (Å²) in [5.74, 6) is 1.35. The Morgan fingerprint density at radius 2 is 1.86 bits per heavy atom. The zero-order valence-electron chi connectivity index (χ0n) is 15.1. The van der Waals surface area contributed by atoms with Crippen molar-refractivity contribution < 1.29 is 4.74 Å². The molecule has 0 aliphatic rings. The van der Waals surface area contributed by atoms with Crippen LogP contribution in [0.2, 0.25) is 0 Å². The number of halogens is 1. The first-order chi connectivity index (χ1) is 9.95. The summed E-state index contributed by atoms with van der Waals surface area (Å²) in [7, 11) is 3.83. The van der Waals surface area contributed by atoms with E-state index >= 15 is 0 Å². The van der Waals surface area contributed by atoms with E-state index < -0.39 is 0 Å². The van der Waals surface area contributed by atoms with Crippen molar-refractivity contribution in [1.82, 2.24) is 10.2 Å². The molecular formula is C16H37IN4O. The standard InChI is InChI=1S/C16H36N4O.HI/c1-14(2)8-6-9-15(3)19-16(17)18-10-7-11-20(4)12-13-21-5;/h14-15H,6-13H2,1-5H3,(H3,17,18,19);1H. The maximum Gasteiger partial charge on any atom is 0.188 e. The Bertz CT molecular complexity index is 275. The van der Waals surface area contributed by atoms with Crippen LogP contribution in [-0.2, 0) is 4.74 Å². The van der Waals surface area contributed by atoms with Gasteiger partial charge in [0.15, 0.2) is 5.96 Å². The lowest BCUT2D eigenvalue weighted by atomic mass is 10.0. The van der Waals surface area contributed by atoms with Crippen LogP contribution in [0.15, 0.2) is 4.99 Å². The Morgan fingerprint density at radius 3 is 2.45 bits per heavy atom. The Hall–Kier alpha value is -0.0800. The van der Waals surface area contributed by atoms with E-state index in [0.717, 1.165) is 45.0 Å². The van der Waals surface area contributed by atoms with Crippen LogP contribution < -0.4 is 11.1 Å². The van der Waals surface area contributed by atoms with E-state index in [1.165, 1.54) is 12.8 Å². The van der Waals surface area contributed by atoms with Crippen molar-refractivity contribution in [3.8, 4) is 0 Å². The predicted octanol–water partition coefficient (Wildman–Crippen LogP) is 2.69. The van der Waals surface area contributed by atoms with Crippen molar-refractivity contribution in [2.45, 2.75) is 52.5 Å². The normalized spacial score (nSPS) is 13.3. The third-order valence-corrected chi connectivity index (χ3v) is 3.47. The number of guanidine groups is 1.